The highest BCUT2D eigenvalue weighted by atomic mass is 16.5. The van der Waals surface area contributed by atoms with Crippen molar-refractivity contribution in [3.05, 3.63) is 28.3 Å². The fraction of sp³-hybridized carbons (Fsp3) is 0.500. The summed E-state index contributed by atoms with van der Waals surface area (Å²) in [6, 6.07) is 1.26. The molecule has 0 unspecified atom stereocenters. The molecular formula is C12H17NO5. The number of hydrogen-bond donors (Lipinski definition) is 1. The van der Waals surface area contributed by atoms with Crippen molar-refractivity contribution in [2.45, 2.75) is 19.4 Å². The maximum Gasteiger partial charge on any atom is 0.305 e. The summed E-state index contributed by atoms with van der Waals surface area (Å²) in [4.78, 5) is 24.0. The fourth-order valence-corrected chi connectivity index (χ4v) is 1.47. The van der Waals surface area contributed by atoms with E-state index in [9.17, 15) is 9.59 Å². The number of carbonyl (C=O) groups excluding carboxylic acids is 1. The average molecular weight is 255 g/mol. The van der Waals surface area contributed by atoms with E-state index >= 15 is 0 Å². The molecule has 0 saturated carbocycles. The first-order valence-corrected chi connectivity index (χ1v) is 5.59. The van der Waals surface area contributed by atoms with E-state index in [0.29, 0.717) is 31.7 Å². The minimum atomic E-state index is -0.459. The Kier molecular flexibility index (Phi) is 5.38. The summed E-state index contributed by atoms with van der Waals surface area (Å²) >= 11 is 0. The Labute approximate surface area is 105 Å². The van der Waals surface area contributed by atoms with Crippen LogP contribution < -0.4 is 5.43 Å². The number of hydrogen-bond acceptors (Lipinski definition) is 6. The molecule has 0 saturated heterocycles. The molecule has 0 spiro atoms. The molecular weight excluding hydrogens is 238 g/mol. The van der Waals surface area contributed by atoms with Crippen molar-refractivity contribution < 1.29 is 19.1 Å². The third-order valence-electron chi connectivity index (χ3n) is 2.44. The van der Waals surface area contributed by atoms with E-state index in [0.717, 1.165) is 6.26 Å². The van der Waals surface area contributed by atoms with Gasteiger partial charge in [-0.3, -0.25) is 14.5 Å². The van der Waals surface area contributed by atoms with Gasteiger partial charge in [-0.05, 0) is 20.0 Å². The molecule has 0 aliphatic carbocycles. The van der Waals surface area contributed by atoms with Gasteiger partial charge in [0.15, 0.2) is 5.75 Å². The Balaban J connectivity index is 2.39. The van der Waals surface area contributed by atoms with Crippen LogP contribution in [0.4, 0.5) is 0 Å². The topological polar surface area (TPSA) is 80.0 Å². The van der Waals surface area contributed by atoms with E-state index in [-0.39, 0.29) is 5.97 Å². The second-order valence-electron chi connectivity index (χ2n) is 4.01. The molecule has 0 amide bonds. The molecule has 0 fully saturated rings. The van der Waals surface area contributed by atoms with Crippen LogP contribution >= 0.6 is 0 Å². The highest BCUT2D eigenvalue weighted by Crippen LogP contribution is 2.06. The summed E-state index contributed by atoms with van der Waals surface area (Å²) in [5.41, 5.74) is -0.459. The summed E-state index contributed by atoms with van der Waals surface area (Å²) in [5.74, 6) is -0.162. The minimum absolute atomic E-state index is 0.237. The highest BCUT2D eigenvalue weighted by Gasteiger charge is 2.06. The maximum atomic E-state index is 11.2. The summed E-state index contributed by atoms with van der Waals surface area (Å²) in [7, 11) is 3.21. The monoisotopic (exact) mass is 255 g/mol. The van der Waals surface area contributed by atoms with Gasteiger partial charge in [0, 0.05) is 12.5 Å². The first-order valence-electron chi connectivity index (χ1n) is 5.59. The largest absolute Gasteiger partial charge is 0.502 e. The van der Waals surface area contributed by atoms with Crippen LogP contribution in [0.25, 0.3) is 0 Å². The van der Waals surface area contributed by atoms with Crippen LogP contribution in [-0.2, 0) is 16.1 Å². The Morgan fingerprint density at radius 1 is 1.56 bits per heavy atom. The molecule has 100 valence electrons. The second-order valence-corrected chi connectivity index (χ2v) is 4.01. The third kappa shape index (κ3) is 4.58. The van der Waals surface area contributed by atoms with Crippen molar-refractivity contribution in [2.75, 3.05) is 20.7 Å². The quantitative estimate of drug-likeness (QED) is 0.755. The van der Waals surface area contributed by atoms with Crippen LogP contribution in [0.5, 0.6) is 5.75 Å². The molecule has 6 heteroatoms. The van der Waals surface area contributed by atoms with Gasteiger partial charge in [-0.15, -0.1) is 0 Å². The normalized spacial score (nSPS) is 10.6. The van der Waals surface area contributed by atoms with Crippen molar-refractivity contribution in [1.82, 2.24) is 4.90 Å². The zero-order valence-electron chi connectivity index (χ0n) is 10.5. The van der Waals surface area contributed by atoms with Gasteiger partial charge in [0.2, 0.25) is 5.43 Å². The van der Waals surface area contributed by atoms with Crippen molar-refractivity contribution in [3.8, 4) is 5.75 Å². The lowest BCUT2D eigenvalue weighted by Gasteiger charge is -2.15. The second kappa shape index (κ2) is 6.80. The van der Waals surface area contributed by atoms with Gasteiger partial charge < -0.3 is 14.3 Å². The number of methoxy groups -OCH3 is 1. The number of rotatable bonds is 6. The molecule has 1 aromatic heterocycles. The van der Waals surface area contributed by atoms with Gasteiger partial charge in [-0.25, -0.2) is 0 Å². The van der Waals surface area contributed by atoms with Gasteiger partial charge >= 0.3 is 5.97 Å². The van der Waals surface area contributed by atoms with Crippen molar-refractivity contribution in [2.24, 2.45) is 0 Å². The van der Waals surface area contributed by atoms with Crippen molar-refractivity contribution >= 4 is 5.97 Å². The first kappa shape index (κ1) is 14.2. The van der Waals surface area contributed by atoms with E-state index in [1.165, 1.54) is 13.2 Å². The van der Waals surface area contributed by atoms with Gasteiger partial charge in [0.1, 0.15) is 12.0 Å². The van der Waals surface area contributed by atoms with Crippen molar-refractivity contribution in [3.63, 3.8) is 0 Å². The molecule has 6 nitrogen and oxygen atoms in total. The van der Waals surface area contributed by atoms with Gasteiger partial charge in [0.25, 0.3) is 0 Å². The molecule has 0 aliphatic rings. The molecule has 0 bridgehead atoms. The van der Waals surface area contributed by atoms with Crippen LogP contribution in [0.2, 0.25) is 0 Å². The molecule has 0 radical (unpaired) electrons. The zero-order valence-corrected chi connectivity index (χ0v) is 10.5. The van der Waals surface area contributed by atoms with Gasteiger partial charge in [-0.1, -0.05) is 0 Å². The number of nitrogens with zero attached hydrogens (tertiary/aromatic N) is 1. The van der Waals surface area contributed by atoms with Crippen LogP contribution in [0.1, 0.15) is 18.6 Å². The zero-order chi connectivity index (χ0) is 13.5. The lowest BCUT2D eigenvalue weighted by atomic mass is 10.3. The van der Waals surface area contributed by atoms with E-state index in [4.69, 9.17) is 9.52 Å². The fourth-order valence-electron chi connectivity index (χ4n) is 1.47. The highest BCUT2D eigenvalue weighted by molar-refractivity contribution is 5.69. The average Bonchev–Trinajstić information content (AvgIpc) is 2.33. The van der Waals surface area contributed by atoms with Crippen LogP contribution in [0.3, 0.4) is 0 Å². The SMILES string of the molecule is COC(=O)CCCN(C)Cc1cc(=O)c(O)co1. The molecule has 0 aliphatic heterocycles. The minimum Gasteiger partial charge on any atom is -0.502 e. The Hall–Kier alpha value is -1.82. The Morgan fingerprint density at radius 3 is 2.89 bits per heavy atom. The molecule has 18 heavy (non-hydrogen) atoms. The number of carbonyl (C=O) groups is 1. The molecule has 1 N–H and O–H groups in total. The van der Waals surface area contributed by atoms with Crippen molar-refractivity contribution in [1.29, 1.82) is 0 Å². The summed E-state index contributed by atoms with van der Waals surface area (Å²) in [6.45, 7) is 1.12. The number of esters is 1. The van der Waals surface area contributed by atoms with E-state index in [2.05, 4.69) is 4.74 Å². The third-order valence-corrected chi connectivity index (χ3v) is 2.44. The molecule has 1 heterocycles. The Morgan fingerprint density at radius 2 is 2.28 bits per heavy atom. The smallest absolute Gasteiger partial charge is 0.305 e. The molecule has 1 aromatic rings. The summed E-state index contributed by atoms with van der Waals surface area (Å²) in [6.07, 6.45) is 2.06. The number of ether oxygens (including phenoxy) is 1. The van der Waals surface area contributed by atoms with Gasteiger partial charge in [0.05, 0.1) is 13.7 Å². The summed E-state index contributed by atoms with van der Waals surface area (Å²) in [5, 5.41) is 9.04. The molecule has 0 atom stereocenters. The van der Waals surface area contributed by atoms with E-state index in [1.807, 2.05) is 11.9 Å². The predicted octanol–water partition coefficient (Wildman–Crippen LogP) is 0.730. The lowest BCUT2D eigenvalue weighted by Crippen LogP contribution is -2.20. The van der Waals surface area contributed by atoms with Crippen LogP contribution in [-0.4, -0.2) is 36.7 Å². The van der Waals surface area contributed by atoms with E-state index in [1.54, 1.807) is 0 Å². The standard InChI is InChI=1S/C12H17NO5/c1-13(5-3-4-12(16)17-2)7-9-6-10(14)11(15)8-18-9/h6,8,15H,3-5,7H2,1-2H3. The maximum absolute atomic E-state index is 11.2. The van der Waals surface area contributed by atoms with E-state index < -0.39 is 11.2 Å². The first-order chi connectivity index (χ1) is 8.52. The Bertz CT molecular complexity index is 454. The summed E-state index contributed by atoms with van der Waals surface area (Å²) < 4.78 is 9.61. The van der Waals surface area contributed by atoms with Crippen LogP contribution in [0, 0.1) is 0 Å². The predicted molar refractivity (Wildman–Crippen MR) is 64.2 cm³/mol. The lowest BCUT2D eigenvalue weighted by molar-refractivity contribution is -0.140. The number of aromatic hydroxyl groups is 1. The van der Waals surface area contributed by atoms with Gasteiger partial charge in [-0.2, -0.15) is 0 Å². The molecule has 1 rings (SSSR count). The molecule has 0 aromatic carbocycles. The van der Waals surface area contributed by atoms with Crippen LogP contribution in [0.15, 0.2) is 21.5 Å².